The molecule has 0 atom stereocenters. The number of hydrogen-bond donors (Lipinski definition) is 1. The molecule has 0 fully saturated rings. The second-order valence-corrected chi connectivity index (χ2v) is 37.3. The Hall–Kier alpha value is -18.7. The van der Waals surface area contributed by atoms with Crippen molar-refractivity contribution in [1.29, 1.82) is 0 Å². The molecule has 28 rings (SSSR count). The molecule has 0 amide bonds. The number of benzene rings is 18. The quantitative estimate of drug-likeness (QED) is 0.122. The molecule has 1 aliphatic rings. The Labute approximate surface area is 820 Å². The second kappa shape index (κ2) is 34.8. The molecule has 143 heavy (non-hydrogen) atoms. The summed E-state index contributed by atoms with van der Waals surface area (Å²) < 4.78 is 27.3. The Morgan fingerprint density at radius 1 is 0.266 bits per heavy atom. The summed E-state index contributed by atoms with van der Waals surface area (Å²) in [5.74, 6) is 1.95. The minimum absolute atomic E-state index is 0.120. The zero-order chi connectivity index (χ0) is 96.3. The van der Waals surface area contributed by atoms with Crippen molar-refractivity contribution in [2.75, 3.05) is 0 Å². The van der Waals surface area contributed by atoms with Crippen molar-refractivity contribution in [1.82, 2.24) is 43.6 Å². The first-order chi connectivity index (χ1) is 70.2. The van der Waals surface area contributed by atoms with Crippen LogP contribution in [0.15, 0.2) is 444 Å². The van der Waals surface area contributed by atoms with Crippen molar-refractivity contribution in [2.45, 2.75) is 45.6 Å². The van der Waals surface area contributed by atoms with E-state index in [1.54, 1.807) is 0 Å². The summed E-state index contributed by atoms with van der Waals surface area (Å²) in [7, 11) is 0. The van der Waals surface area contributed by atoms with Crippen molar-refractivity contribution in [3.05, 3.63) is 453 Å². The Kier molecular flexibility index (Phi) is 20.9. The Morgan fingerprint density at radius 2 is 0.552 bits per heavy atom. The van der Waals surface area contributed by atoms with Crippen molar-refractivity contribution >= 4 is 138 Å². The summed E-state index contributed by atoms with van der Waals surface area (Å²) in [5, 5.41) is 21.3. The molecule has 0 spiro atoms. The summed E-state index contributed by atoms with van der Waals surface area (Å²) in [6, 6.07) is 150. The summed E-state index contributed by atoms with van der Waals surface area (Å²) >= 11 is 0. The number of aliphatic hydroxyl groups is 1. The second-order valence-electron chi connectivity index (χ2n) is 37.3. The molecular weight excluding hydrogens is 1760 g/mol. The number of aryl methyl sites for hydroxylation is 1. The van der Waals surface area contributed by atoms with E-state index in [2.05, 4.69) is 374 Å². The topological polar surface area (TPSA) is 186 Å². The van der Waals surface area contributed by atoms with Crippen molar-refractivity contribution in [3.8, 4) is 118 Å². The first-order valence-corrected chi connectivity index (χ1v) is 47.8. The van der Waals surface area contributed by atoms with Gasteiger partial charge in [0.05, 0.1) is 38.7 Å². The molecule has 1 aliphatic carbocycles. The van der Waals surface area contributed by atoms with E-state index in [1.165, 1.54) is 76.6 Å². The molecule has 680 valence electrons. The van der Waals surface area contributed by atoms with Crippen LogP contribution >= 0.6 is 0 Å². The highest BCUT2D eigenvalue weighted by molar-refractivity contribution is 6.17. The van der Waals surface area contributed by atoms with Crippen LogP contribution in [0.5, 0.6) is 0 Å². The standard InChI is InChI=1S/C43H31N3O2.C43H29N3O.C41H27N3O.CO2/c1-43(2,47)35-23-9-6-18-30(35)33-21-13-22-34-39-41(48-40(33)34)38(27-14-4-3-5-15-27)44-42(45-39)28-16-12-17-29(26-28)46-36-24-10-7-19-31(36)32-20-8-11-25-37(32)46;1-43(2)33-20-9-6-19-31(33)37-34(43)24-23-32-39-41(47-40(32)37)38(26-13-4-3-5-14-26)44-42(45-39)27-15-12-16-28(25-27)46-35-21-10-7-17-29(35)30-18-8-11-22-36(30)46;1-26-13-5-6-18-30(26)33-21-12-22-34-38-40(45-39(33)34)37(27-14-3-2-4-15-27)42-41(43-38)28-16-11-17-29(25-28)44-35-23-9-7-19-31(35)32-20-8-10-24-36(32)44;2-1-3/h3-26,47H,1-2H3;3-25H,1-2H3;2-25H,1H3;. The van der Waals surface area contributed by atoms with Crippen LogP contribution in [-0.2, 0) is 20.6 Å². The van der Waals surface area contributed by atoms with Crippen LogP contribution in [0.1, 0.15) is 49.9 Å². The number of rotatable bonds is 12. The minimum atomic E-state index is -1.03. The van der Waals surface area contributed by atoms with Gasteiger partial charge in [-0.15, -0.1) is 0 Å². The summed E-state index contributed by atoms with van der Waals surface area (Å²) in [6.45, 7) is 10.3. The van der Waals surface area contributed by atoms with Crippen LogP contribution < -0.4 is 0 Å². The van der Waals surface area contributed by atoms with Crippen LogP contribution in [0.4, 0.5) is 0 Å². The van der Waals surface area contributed by atoms with Gasteiger partial charge in [0.25, 0.3) is 0 Å². The first-order valence-electron chi connectivity index (χ1n) is 47.8. The molecule has 27 aromatic rings. The highest BCUT2D eigenvalue weighted by Crippen LogP contribution is 2.54. The molecule has 0 unspecified atom stereocenters. The third kappa shape index (κ3) is 14.5. The molecule has 9 heterocycles. The van der Waals surface area contributed by atoms with Gasteiger partial charge in [0, 0.05) is 121 Å². The number of hydrogen-bond acceptors (Lipinski definition) is 12. The van der Waals surface area contributed by atoms with Gasteiger partial charge >= 0.3 is 6.15 Å². The van der Waals surface area contributed by atoms with Crippen molar-refractivity contribution in [2.24, 2.45) is 0 Å². The van der Waals surface area contributed by atoms with E-state index in [1.807, 2.05) is 105 Å². The molecule has 15 heteroatoms. The number of nitrogens with zero attached hydrogens (tertiary/aromatic N) is 9. The third-order valence-electron chi connectivity index (χ3n) is 28.0. The van der Waals surface area contributed by atoms with Gasteiger partial charge < -0.3 is 32.1 Å². The van der Waals surface area contributed by atoms with E-state index in [9.17, 15) is 5.11 Å². The fourth-order valence-corrected chi connectivity index (χ4v) is 21.5. The van der Waals surface area contributed by atoms with Gasteiger partial charge in [-0.1, -0.05) is 354 Å². The summed E-state index contributed by atoms with van der Waals surface area (Å²) in [6.07, 6.45) is 0.250. The maximum Gasteiger partial charge on any atom is 0.373 e. The lowest BCUT2D eigenvalue weighted by Gasteiger charge is -2.21. The van der Waals surface area contributed by atoms with E-state index in [-0.39, 0.29) is 11.6 Å². The zero-order valence-electron chi connectivity index (χ0n) is 78.5. The molecule has 0 aliphatic heterocycles. The minimum Gasteiger partial charge on any atom is -0.451 e. The molecular formula is C128H87N9O6. The van der Waals surface area contributed by atoms with E-state index < -0.39 is 5.60 Å². The maximum atomic E-state index is 11.1. The third-order valence-corrected chi connectivity index (χ3v) is 28.0. The summed E-state index contributed by atoms with van der Waals surface area (Å²) in [5.41, 5.74) is 34.9. The Balaban J connectivity index is 0.000000111. The molecule has 15 nitrogen and oxygen atoms in total. The normalized spacial score (nSPS) is 12.2. The van der Waals surface area contributed by atoms with E-state index in [0.717, 1.165) is 156 Å². The fraction of sp³-hybridized carbons (Fsp3) is 0.0547. The monoisotopic (exact) mass is 1850 g/mol. The molecule has 9 aromatic heterocycles. The van der Waals surface area contributed by atoms with Crippen LogP contribution in [0.25, 0.3) is 250 Å². The van der Waals surface area contributed by atoms with Crippen LogP contribution in [0, 0.1) is 6.92 Å². The van der Waals surface area contributed by atoms with E-state index in [0.29, 0.717) is 39.8 Å². The number of fused-ring (bicyclic) bond motifs is 22. The highest BCUT2D eigenvalue weighted by Gasteiger charge is 2.39. The maximum absolute atomic E-state index is 11.1. The predicted molar refractivity (Wildman–Crippen MR) is 577 cm³/mol. The molecule has 0 radical (unpaired) electrons. The molecule has 0 bridgehead atoms. The van der Waals surface area contributed by atoms with E-state index in [4.69, 9.17) is 52.7 Å². The molecule has 0 saturated carbocycles. The van der Waals surface area contributed by atoms with Gasteiger partial charge in [0.2, 0.25) is 0 Å². The lowest BCUT2D eigenvalue weighted by molar-refractivity contribution is -0.191. The Morgan fingerprint density at radius 3 is 0.930 bits per heavy atom. The fourth-order valence-electron chi connectivity index (χ4n) is 21.5. The number of para-hydroxylation sites is 8. The summed E-state index contributed by atoms with van der Waals surface area (Å²) in [4.78, 5) is 47.6. The average molecular weight is 1850 g/mol. The lowest BCUT2D eigenvalue weighted by atomic mass is 9.82. The zero-order valence-corrected chi connectivity index (χ0v) is 78.5. The van der Waals surface area contributed by atoms with Crippen LogP contribution in [0.2, 0.25) is 0 Å². The van der Waals surface area contributed by atoms with E-state index >= 15 is 0 Å². The van der Waals surface area contributed by atoms with Crippen molar-refractivity contribution < 1.29 is 27.9 Å². The molecule has 0 saturated heterocycles. The van der Waals surface area contributed by atoms with Gasteiger partial charge in [-0.3, -0.25) is 0 Å². The SMILES string of the molecule is CC(C)(O)c1ccccc1-c1cccc2c1oc1c(-c3ccccc3)nc(-c3cccc(-n4c5ccccc5c5ccccc54)c3)nc12.CC1(C)c2ccccc2-c2c1ccc1c2oc2c(-c3ccccc3)nc(-c3cccc(-n4c5ccccc5c5ccccc54)c3)nc21.Cc1ccccc1-c1cccc2c1oc1c(-c3ccccc3)nc(-c3cccc(-n4c5ccccc5c5ccccc54)c3)nc12.O=C=O. The highest BCUT2D eigenvalue weighted by atomic mass is 16.3. The van der Waals surface area contributed by atoms with Gasteiger partial charge in [0.1, 0.15) is 50.4 Å². The number of furan rings is 3. The number of aromatic nitrogens is 9. The van der Waals surface area contributed by atoms with Gasteiger partial charge in [-0.05, 0) is 151 Å². The Bertz CT molecular complexity index is 9660. The average Bonchev–Trinajstić information content (AvgIpc) is 1.54. The molecule has 18 aromatic carbocycles. The van der Waals surface area contributed by atoms with Crippen molar-refractivity contribution in [3.63, 3.8) is 0 Å². The lowest BCUT2D eigenvalue weighted by Crippen LogP contribution is -2.16. The number of carbonyl (C=O) groups excluding carboxylic acids is 2. The largest absolute Gasteiger partial charge is 0.451 e. The van der Waals surface area contributed by atoms with Gasteiger partial charge in [-0.2, -0.15) is 9.59 Å². The van der Waals surface area contributed by atoms with Crippen LogP contribution in [-0.4, -0.2) is 54.9 Å². The molecule has 1 N–H and O–H groups in total. The smallest absolute Gasteiger partial charge is 0.373 e. The van der Waals surface area contributed by atoms with Crippen LogP contribution in [0.3, 0.4) is 0 Å². The predicted octanol–water partition coefficient (Wildman–Crippen LogP) is 32.0. The first kappa shape index (κ1) is 86.0. The van der Waals surface area contributed by atoms with Gasteiger partial charge in [-0.25, -0.2) is 29.9 Å². The van der Waals surface area contributed by atoms with Gasteiger partial charge in [0.15, 0.2) is 34.2 Å².